The van der Waals surface area contributed by atoms with Crippen molar-refractivity contribution < 1.29 is 20.1 Å². The molecule has 0 bridgehead atoms. The first kappa shape index (κ1) is 10.9. The van der Waals surface area contributed by atoms with Crippen molar-refractivity contribution in [1.29, 1.82) is 0 Å². The van der Waals surface area contributed by atoms with Crippen molar-refractivity contribution >= 4 is 0 Å². The van der Waals surface area contributed by atoms with E-state index in [4.69, 9.17) is 9.84 Å². The molecule has 1 saturated heterocycles. The quantitative estimate of drug-likeness (QED) is 0.464. The van der Waals surface area contributed by atoms with E-state index < -0.39 is 18.5 Å². The summed E-state index contributed by atoms with van der Waals surface area (Å²) in [4.78, 5) is 1.77. The molecule has 0 aliphatic carbocycles. The van der Waals surface area contributed by atoms with E-state index in [1.165, 1.54) is 0 Å². The Morgan fingerprint density at radius 2 is 1.62 bits per heavy atom. The fourth-order valence-corrected chi connectivity index (χ4v) is 1.75. The van der Waals surface area contributed by atoms with Crippen molar-refractivity contribution in [3.63, 3.8) is 0 Å². The lowest BCUT2D eigenvalue weighted by atomic mass is 9.96. The van der Waals surface area contributed by atoms with E-state index in [1.807, 2.05) is 0 Å². The van der Waals surface area contributed by atoms with E-state index in [0.717, 1.165) is 0 Å². The second-order valence-corrected chi connectivity index (χ2v) is 3.67. The molecule has 0 aromatic rings. The van der Waals surface area contributed by atoms with Gasteiger partial charge in [-0.3, -0.25) is 0 Å². The summed E-state index contributed by atoms with van der Waals surface area (Å²) in [6, 6.07) is -0.293. The highest BCUT2D eigenvalue weighted by Crippen LogP contribution is 2.22. The number of hydrogen-bond acceptors (Lipinski definition) is 5. The third-order valence-electron chi connectivity index (χ3n) is 2.42. The van der Waals surface area contributed by atoms with Gasteiger partial charge in [0.05, 0.1) is 12.1 Å². The zero-order valence-electron chi connectivity index (χ0n) is 8.08. The second kappa shape index (κ2) is 3.89. The predicted octanol–water partition coefficient (Wildman–Crippen LogP) is -1.62. The average Bonchev–Trinajstić information content (AvgIpc) is 1.99. The lowest BCUT2D eigenvalue weighted by molar-refractivity contribution is -0.263. The van der Waals surface area contributed by atoms with Crippen molar-refractivity contribution in [3.05, 3.63) is 0 Å². The minimum atomic E-state index is -1.29. The summed E-state index contributed by atoms with van der Waals surface area (Å²) in [5.41, 5.74) is 0. The summed E-state index contributed by atoms with van der Waals surface area (Å²) < 4.78 is 5.05. The third kappa shape index (κ3) is 2.00. The minimum Gasteiger partial charge on any atom is -0.388 e. The molecule has 5 nitrogen and oxygen atoms in total. The lowest BCUT2D eigenvalue weighted by Gasteiger charge is -2.42. The van der Waals surface area contributed by atoms with Crippen molar-refractivity contribution in [2.45, 2.75) is 37.6 Å². The van der Waals surface area contributed by atoms with Crippen LogP contribution in [0.25, 0.3) is 0 Å². The highest BCUT2D eigenvalue weighted by molar-refractivity contribution is 4.91. The van der Waals surface area contributed by atoms with Gasteiger partial charge in [0.15, 0.2) is 6.29 Å². The molecule has 5 atom stereocenters. The van der Waals surface area contributed by atoms with Crippen LogP contribution in [0.2, 0.25) is 0 Å². The normalized spacial score (nSPS) is 46.8. The van der Waals surface area contributed by atoms with Crippen LogP contribution >= 0.6 is 0 Å². The fourth-order valence-electron chi connectivity index (χ4n) is 1.75. The standard InChI is InChI=1S/C8H17NO4/c1-4-5(9(2)3)6(10)7(11)8(12)13-4/h4-8,10-12H,1-3H3/t4-,5+,6+,7+,8+/m1/s1. The monoisotopic (exact) mass is 191 g/mol. The largest absolute Gasteiger partial charge is 0.388 e. The smallest absolute Gasteiger partial charge is 0.183 e. The number of aliphatic hydroxyl groups excluding tert-OH is 3. The van der Waals surface area contributed by atoms with Crippen molar-refractivity contribution in [1.82, 2.24) is 4.90 Å². The van der Waals surface area contributed by atoms with E-state index in [-0.39, 0.29) is 12.1 Å². The maximum atomic E-state index is 9.62. The van der Waals surface area contributed by atoms with Crippen LogP contribution < -0.4 is 0 Å². The molecule has 0 amide bonds. The summed E-state index contributed by atoms with van der Waals surface area (Å²) in [6.07, 6.45) is -3.80. The molecule has 3 N–H and O–H groups in total. The van der Waals surface area contributed by atoms with Gasteiger partial charge in [-0.1, -0.05) is 0 Å². The first-order chi connectivity index (χ1) is 5.95. The van der Waals surface area contributed by atoms with Gasteiger partial charge >= 0.3 is 0 Å². The van der Waals surface area contributed by atoms with Crippen LogP contribution in [-0.2, 0) is 4.74 Å². The first-order valence-corrected chi connectivity index (χ1v) is 4.31. The molecule has 0 spiro atoms. The molecule has 1 aliphatic rings. The highest BCUT2D eigenvalue weighted by atomic mass is 16.6. The van der Waals surface area contributed by atoms with E-state index >= 15 is 0 Å². The molecule has 1 fully saturated rings. The zero-order valence-corrected chi connectivity index (χ0v) is 8.08. The van der Waals surface area contributed by atoms with Crippen LogP contribution in [0.15, 0.2) is 0 Å². The van der Waals surface area contributed by atoms with Gasteiger partial charge in [0, 0.05) is 0 Å². The van der Waals surface area contributed by atoms with Crippen LogP contribution in [0, 0.1) is 0 Å². The van der Waals surface area contributed by atoms with Crippen LogP contribution in [0.3, 0.4) is 0 Å². The molecular weight excluding hydrogens is 174 g/mol. The SMILES string of the molecule is C[C@H]1O[C@H](O)[C@@H](O)[C@@H](O)[C@H]1N(C)C. The minimum absolute atomic E-state index is 0.293. The Morgan fingerprint density at radius 3 is 2.08 bits per heavy atom. The van der Waals surface area contributed by atoms with Gasteiger partial charge in [-0.25, -0.2) is 0 Å². The molecule has 78 valence electrons. The number of nitrogens with zero attached hydrogens (tertiary/aromatic N) is 1. The van der Waals surface area contributed by atoms with Gasteiger partial charge in [-0.2, -0.15) is 0 Å². The summed E-state index contributed by atoms with van der Waals surface area (Å²) >= 11 is 0. The van der Waals surface area contributed by atoms with Crippen molar-refractivity contribution in [3.8, 4) is 0 Å². The van der Waals surface area contributed by atoms with Crippen molar-refractivity contribution in [2.75, 3.05) is 14.1 Å². The molecule has 0 unspecified atom stereocenters. The number of rotatable bonds is 1. The summed E-state index contributed by atoms with van der Waals surface area (Å²) in [6.45, 7) is 1.75. The predicted molar refractivity (Wildman–Crippen MR) is 46.0 cm³/mol. The summed E-state index contributed by atoms with van der Waals surface area (Å²) in [5.74, 6) is 0. The topological polar surface area (TPSA) is 73.2 Å². The fraction of sp³-hybridized carbons (Fsp3) is 1.00. The molecule has 5 heteroatoms. The molecule has 1 heterocycles. The Kier molecular flexibility index (Phi) is 3.26. The maximum Gasteiger partial charge on any atom is 0.183 e. The van der Waals surface area contributed by atoms with E-state index in [2.05, 4.69) is 0 Å². The lowest BCUT2D eigenvalue weighted by Crippen LogP contribution is -2.61. The van der Waals surface area contributed by atoms with Crippen LogP contribution in [0.5, 0.6) is 0 Å². The molecule has 0 aromatic carbocycles. The molecule has 1 rings (SSSR count). The Labute approximate surface area is 77.5 Å². The van der Waals surface area contributed by atoms with Gasteiger partial charge in [0.25, 0.3) is 0 Å². The Balaban J connectivity index is 2.73. The van der Waals surface area contributed by atoms with Gasteiger partial charge in [-0.15, -0.1) is 0 Å². The number of hydrogen-bond donors (Lipinski definition) is 3. The molecular formula is C8H17NO4. The Morgan fingerprint density at radius 1 is 1.08 bits per heavy atom. The second-order valence-electron chi connectivity index (χ2n) is 3.67. The first-order valence-electron chi connectivity index (χ1n) is 4.31. The number of ether oxygens (including phenoxy) is 1. The van der Waals surface area contributed by atoms with Crippen LogP contribution in [-0.4, -0.2) is 65.0 Å². The highest BCUT2D eigenvalue weighted by Gasteiger charge is 2.42. The van der Waals surface area contributed by atoms with Crippen LogP contribution in [0.1, 0.15) is 6.92 Å². The average molecular weight is 191 g/mol. The van der Waals surface area contributed by atoms with Crippen molar-refractivity contribution in [2.24, 2.45) is 0 Å². The summed E-state index contributed by atoms with van der Waals surface area (Å²) in [5, 5.41) is 28.1. The zero-order chi connectivity index (χ0) is 10.2. The number of likely N-dealkylation sites (N-methyl/N-ethyl adjacent to an activating group) is 1. The van der Waals surface area contributed by atoms with Gasteiger partial charge < -0.3 is 25.0 Å². The molecule has 1 aliphatic heterocycles. The molecule has 0 radical (unpaired) electrons. The van der Waals surface area contributed by atoms with E-state index in [1.54, 1.807) is 25.9 Å². The van der Waals surface area contributed by atoms with Crippen LogP contribution in [0.4, 0.5) is 0 Å². The van der Waals surface area contributed by atoms with Gasteiger partial charge in [-0.05, 0) is 21.0 Å². The number of aliphatic hydroxyl groups is 3. The molecule has 0 saturated carbocycles. The van der Waals surface area contributed by atoms with Gasteiger partial charge in [0.1, 0.15) is 12.2 Å². The van der Waals surface area contributed by atoms with E-state index in [9.17, 15) is 10.2 Å². The summed E-state index contributed by atoms with van der Waals surface area (Å²) in [7, 11) is 3.58. The van der Waals surface area contributed by atoms with Gasteiger partial charge in [0.2, 0.25) is 0 Å². The third-order valence-corrected chi connectivity index (χ3v) is 2.42. The maximum absolute atomic E-state index is 9.62. The Hall–Kier alpha value is -0.200. The molecule has 13 heavy (non-hydrogen) atoms. The molecule has 0 aromatic heterocycles. The van der Waals surface area contributed by atoms with E-state index in [0.29, 0.717) is 0 Å². The Bertz CT molecular complexity index is 176.